The first-order valence-electron chi connectivity index (χ1n) is 5.76. The third kappa shape index (κ3) is 5.75. The van der Waals surface area contributed by atoms with E-state index < -0.39 is 0 Å². The van der Waals surface area contributed by atoms with Crippen LogP contribution >= 0.6 is 11.8 Å². The number of amides is 1. The van der Waals surface area contributed by atoms with E-state index in [4.69, 9.17) is 5.84 Å². The van der Waals surface area contributed by atoms with Crippen LogP contribution in [-0.4, -0.2) is 11.7 Å². The highest BCUT2D eigenvalue weighted by atomic mass is 32.2. The van der Waals surface area contributed by atoms with E-state index in [1.807, 2.05) is 11.8 Å². The minimum Gasteiger partial charge on any atom is -0.294 e. The van der Waals surface area contributed by atoms with E-state index in [9.17, 15) is 4.79 Å². The van der Waals surface area contributed by atoms with Crippen molar-refractivity contribution in [3.05, 3.63) is 34.9 Å². The number of hydrogen-bond donors (Lipinski definition) is 2. The van der Waals surface area contributed by atoms with E-state index in [2.05, 4.69) is 37.5 Å². The second-order valence-electron chi connectivity index (χ2n) is 4.22. The van der Waals surface area contributed by atoms with Crippen molar-refractivity contribution in [2.45, 2.75) is 32.4 Å². The van der Waals surface area contributed by atoms with E-state index in [1.54, 1.807) is 0 Å². The van der Waals surface area contributed by atoms with E-state index in [0.717, 1.165) is 17.9 Å². The van der Waals surface area contributed by atoms with Crippen molar-refractivity contribution >= 4 is 17.7 Å². The lowest BCUT2D eigenvalue weighted by Crippen LogP contribution is -2.29. The number of aryl methyl sites for hydroxylation is 2. The molecule has 0 fully saturated rings. The molecule has 0 saturated heterocycles. The summed E-state index contributed by atoms with van der Waals surface area (Å²) in [6.45, 7) is 4.24. The Balaban J connectivity index is 2.24. The van der Waals surface area contributed by atoms with Crippen LogP contribution in [0.1, 0.15) is 29.5 Å². The van der Waals surface area contributed by atoms with Gasteiger partial charge in [-0.25, -0.2) is 5.84 Å². The van der Waals surface area contributed by atoms with Crippen LogP contribution in [0.25, 0.3) is 0 Å². The van der Waals surface area contributed by atoms with Gasteiger partial charge in [-0.05, 0) is 31.6 Å². The minimum atomic E-state index is -0.0861. The fourth-order valence-corrected chi connectivity index (χ4v) is 2.64. The lowest BCUT2D eigenvalue weighted by atomic mass is 10.1. The Labute approximate surface area is 107 Å². The predicted molar refractivity (Wildman–Crippen MR) is 73.6 cm³/mol. The van der Waals surface area contributed by atoms with Gasteiger partial charge in [-0.2, -0.15) is 11.8 Å². The SMILES string of the molecule is Cc1cc(C)cc(CSCCCC(=O)NN)c1. The molecule has 3 N–H and O–H groups in total. The molecular formula is C13H20N2OS. The highest BCUT2D eigenvalue weighted by molar-refractivity contribution is 7.98. The number of rotatable bonds is 6. The second-order valence-corrected chi connectivity index (χ2v) is 5.32. The highest BCUT2D eigenvalue weighted by Crippen LogP contribution is 2.16. The molecule has 1 amide bonds. The zero-order valence-corrected chi connectivity index (χ0v) is 11.3. The lowest BCUT2D eigenvalue weighted by Gasteiger charge is -2.05. The number of carbonyl (C=O) groups excluding carboxylic acids is 1. The van der Waals surface area contributed by atoms with Crippen LogP contribution in [0.2, 0.25) is 0 Å². The Morgan fingerprint density at radius 3 is 2.53 bits per heavy atom. The predicted octanol–water partition coefficient (Wildman–Crippen LogP) is 2.31. The third-order valence-electron chi connectivity index (χ3n) is 2.40. The van der Waals surface area contributed by atoms with Gasteiger partial charge in [0.1, 0.15) is 0 Å². The van der Waals surface area contributed by atoms with Crippen molar-refractivity contribution in [2.24, 2.45) is 5.84 Å². The van der Waals surface area contributed by atoms with Gasteiger partial charge in [-0.3, -0.25) is 10.2 Å². The summed E-state index contributed by atoms with van der Waals surface area (Å²) >= 11 is 1.86. The van der Waals surface area contributed by atoms with Gasteiger partial charge in [0.2, 0.25) is 5.91 Å². The Bertz CT molecular complexity index is 359. The Morgan fingerprint density at radius 1 is 1.29 bits per heavy atom. The Morgan fingerprint density at radius 2 is 1.94 bits per heavy atom. The molecule has 0 aliphatic carbocycles. The summed E-state index contributed by atoms with van der Waals surface area (Å²) in [5.41, 5.74) is 6.11. The second kappa shape index (κ2) is 7.35. The van der Waals surface area contributed by atoms with Gasteiger partial charge in [0.05, 0.1) is 0 Å². The molecule has 1 aromatic rings. The number of nitrogens with two attached hydrogens (primary N) is 1. The standard InChI is InChI=1S/C13H20N2OS/c1-10-6-11(2)8-12(7-10)9-17-5-3-4-13(16)15-14/h6-8H,3-5,9,14H2,1-2H3,(H,15,16). The number of benzene rings is 1. The Hall–Kier alpha value is -1.00. The van der Waals surface area contributed by atoms with Crippen molar-refractivity contribution in [1.29, 1.82) is 0 Å². The molecule has 1 rings (SSSR count). The maximum absolute atomic E-state index is 10.9. The van der Waals surface area contributed by atoms with Crippen molar-refractivity contribution in [1.82, 2.24) is 5.43 Å². The molecule has 0 radical (unpaired) electrons. The fourth-order valence-electron chi connectivity index (χ4n) is 1.75. The minimum absolute atomic E-state index is 0.0861. The molecule has 4 heteroatoms. The van der Waals surface area contributed by atoms with Crippen molar-refractivity contribution < 1.29 is 4.79 Å². The van der Waals surface area contributed by atoms with Gasteiger partial charge in [0.15, 0.2) is 0 Å². The van der Waals surface area contributed by atoms with Crippen molar-refractivity contribution in [3.8, 4) is 0 Å². The van der Waals surface area contributed by atoms with E-state index in [-0.39, 0.29) is 5.91 Å². The molecule has 0 unspecified atom stereocenters. The van der Waals surface area contributed by atoms with Gasteiger partial charge < -0.3 is 0 Å². The fraction of sp³-hybridized carbons (Fsp3) is 0.462. The summed E-state index contributed by atoms with van der Waals surface area (Å²) in [7, 11) is 0. The lowest BCUT2D eigenvalue weighted by molar-refractivity contribution is -0.121. The maximum atomic E-state index is 10.9. The molecule has 0 atom stereocenters. The third-order valence-corrected chi connectivity index (χ3v) is 3.52. The molecule has 0 aromatic heterocycles. The molecule has 94 valence electrons. The number of thioether (sulfide) groups is 1. The van der Waals surface area contributed by atoms with Gasteiger partial charge >= 0.3 is 0 Å². The quantitative estimate of drug-likeness (QED) is 0.353. The summed E-state index contributed by atoms with van der Waals surface area (Å²) in [5.74, 6) is 6.91. The first kappa shape index (κ1) is 14.1. The summed E-state index contributed by atoms with van der Waals surface area (Å²) in [5, 5.41) is 0. The average Bonchev–Trinajstić information content (AvgIpc) is 2.27. The highest BCUT2D eigenvalue weighted by Gasteiger charge is 1.99. The number of nitrogens with one attached hydrogen (secondary N) is 1. The number of carbonyl (C=O) groups is 1. The topological polar surface area (TPSA) is 55.1 Å². The van der Waals surface area contributed by atoms with E-state index in [0.29, 0.717) is 6.42 Å². The average molecular weight is 252 g/mol. The van der Waals surface area contributed by atoms with Gasteiger partial charge in [-0.1, -0.05) is 29.3 Å². The first-order valence-corrected chi connectivity index (χ1v) is 6.91. The van der Waals surface area contributed by atoms with Gasteiger partial charge in [0.25, 0.3) is 0 Å². The monoisotopic (exact) mass is 252 g/mol. The van der Waals surface area contributed by atoms with Gasteiger partial charge in [-0.15, -0.1) is 0 Å². The molecule has 0 aliphatic rings. The largest absolute Gasteiger partial charge is 0.294 e. The zero-order chi connectivity index (χ0) is 12.7. The van der Waals surface area contributed by atoms with Crippen molar-refractivity contribution in [2.75, 3.05) is 5.75 Å². The normalized spacial score (nSPS) is 10.3. The van der Waals surface area contributed by atoms with Crippen LogP contribution in [0.5, 0.6) is 0 Å². The van der Waals surface area contributed by atoms with Crippen LogP contribution in [0.4, 0.5) is 0 Å². The van der Waals surface area contributed by atoms with Crippen molar-refractivity contribution in [3.63, 3.8) is 0 Å². The summed E-state index contributed by atoms with van der Waals surface area (Å²) in [6.07, 6.45) is 1.38. The first-order chi connectivity index (χ1) is 8.11. The smallest absolute Gasteiger partial charge is 0.233 e. The number of hydrogen-bond acceptors (Lipinski definition) is 3. The molecule has 3 nitrogen and oxygen atoms in total. The van der Waals surface area contributed by atoms with E-state index in [1.165, 1.54) is 16.7 Å². The molecular weight excluding hydrogens is 232 g/mol. The van der Waals surface area contributed by atoms with Gasteiger partial charge in [0, 0.05) is 12.2 Å². The molecule has 0 aliphatic heterocycles. The maximum Gasteiger partial charge on any atom is 0.233 e. The zero-order valence-electron chi connectivity index (χ0n) is 10.5. The molecule has 0 bridgehead atoms. The Kier molecular flexibility index (Phi) is 6.08. The van der Waals surface area contributed by atoms with Crippen LogP contribution in [-0.2, 0) is 10.5 Å². The van der Waals surface area contributed by atoms with Crippen LogP contribution in [0, 0.1) is 13.8 Å². The van der Waals surface area contributed by atoms with Crippen LogP contribution in [0.3, 0.4) is 0 Å². The molecule has 0 saturated carbocycles. The van der Waals surface area contributed by atoms with Crippen LogP contribution < -0.4 is 11.3 Å². The summed E-state index contributed by atoms with van der Waals surface area (Å²) < 4.78 is 0. The summed E-state index contributed by atoms with van der Waals surface area (Å²) in [6, 6.07) is 6.61. The molecule has 17 heavy (non-hydrogen) atoms. The molecule has 0 spiro atoms. The molecule has 0 heterocycles. The van der Waals surface area contributed by atoms with E-state index >= 15 is 0 Å². The molecule has 1 aromatic carbocycles. The summed E-state index contributed by atoms with van der Waals surface area (Å²) in [4.78, 5) is 10.9. The van der Waals surface area contributed by atoms with Crippen LogP contribution in [0.15, 0.2) is 18.2 Å². The number of hydrazine groups is 1.